The maximum atomic E-state index is 11.3. The van der Waals surface area contributed by atoms with Gasteiger partial charge in [-0.05, 0) is 19.1 Å². The second-order valence-electron chi connectivity index (χ2n) is 3.20. The molecule has 7 nitrogen and oxygen atoms in total. The van der Waals surface area contributed by atoms with E-state index in [2.05, 4.69) is 15.2 Å². The molecule has 0 spiro atoms. The van der Waals surface area contributed by atoms with Crippen LogP contribution in [0, 0.1) is 0 Å². The van der Waals surface area contributed by atoms with Crippen LogP contribution in [0.15, 0.2) is 16.5 Å². The van der Waals surface area contributed by atoms with Crippen molar-refractivity contribution in [3.8, 4) is 11.6 Å². The largest absolute Gasteiger partial charge is 0.460 e. The van der Waals surface area contributed by atoms with Gasteiger partial charge in [-0.25, -0.2) is 4.79 Å². The molecule has 0 saturated heterocycles. The number of rotatable bonds is 4. The smallest absolute Gasteiger partial charge is 0.375 e. The highest BCUT2D eigenvalue weighted by molar-refractivity contribution is 5.85. The van der Waals surface area contributed by atoms with Crippen molar-refractivity contribution in [1.29, 1.82) is 0 Å². The Hall–Kier alpha value is -2.15. The van der Waals surface area contributed by atoms with Crippen LogP contribution in [0.3, 0.4) is 0 Å². The minimum atomic E-state index is -0.545. The predicted molar refractivity (Wildman–Crippen MR) is 57.9 cm³/mol. The van der Waals surface area contributed by atoms with E-state index in [1.54, 1.807) is 19.1 Å². The first kappa shape index (κ1) is 11.3. The average molecular weight is 236 g/mol. The van der Waals surface area contributed by atoms with Crippen LogP contribution in [0.1, 0.15) is 23.3 Å². The molecule has 0 aliphatic heterocycles. The Morgan fingerprint density at radius 1 is 1.59 bits per heavy atom. The summed E-state index contributed by atoms with van der Waals surface area (Å²) in [6, 6.07) is 3.43. The number of carbonyl (C=O) groups is 1. The van der Waals surface area contributed by atoms with E-state index in [1.807, 2.05) is 0 Å². The fourth-order valence-electron chi connectivity index (χ4n) is 1.27. The Morgan fingerprint density at radius 3 is 3.06 bits per heavy atom. The zero-order valence-electron chi connectivity index (χ0n) is 9.27. The van der Waals surface area contributed by atoms with Crippen molar-refractivity contribution in [3.63, 3.8) is 0 Å². The molecule has 7 heteroatoms. The lowest BCUT2D eigenvalue weighted by molar-refractivity contribution is 0.0512. The molecule has 2 aromatic rings. The minimum absolute atomic E-state index is 0.0487. The molecular weight excluding hydrogens is 224 g/mol. The van der Waals surface area contributed by atoms with Gasteiger partial charge in [-0.2, -0.15) is 4.98 Å². The first-order chi connectivity index (χ1) is 8.24. The Kier molecular flexibility index (Phi) is 3.20. The number of H-pyrrole nitrogens is 1. The van der Waals surface area contributed by atoms with Gasteiger partial charge in [0.2, 0.25) is 11.6 Å². The molecule has 0 aliphatic rings. The summed E-state index contributed by atoms with van der Waals surface area (Å²) >= 11 is 0. The molecule has 3 N–H and O–H groups in total. The van der Waals surface area contributed by atoms with Crippen LogP contribution in [-0.2, 0) is 11.3 Å². The summed E-state index contributed by atoms with van der Waals surface area (Å²) in [6.45, 7) is 2.30. The van der Waals surface area contributed by atoms with Crippen LogP contribution >= 0.6 is 0 Å². The number of furan rings is 1. The first-order valence-electron chi connectivity index (χ1n) is 5.13. The van der Waals surface area contributed by atoms with Crippen molar-refractivity contribution in [1.82, 2.24) is 15.2 Å². The highest BCUT2D eigenvalue weighted by Crippen LogP contribution is 2.18. The number of aromatic nitrogens is 3. The van der Waals surface area contributed by atoms with Gasteiger partial charge in [-0.3, -0.25) is 5.10 Å². The fourth-order valence-corrected chi connectivity index (χ4v) is 1.27. The Balaban J connectivity index is 2.20. The van der Waals surface area contributed by atoms with Gasteiger partial charge in [0.1, 0.15) is 5.76 Å². The molecule has 90 valence electrons. The summed E-state index contributed by atoms with van der Waals surface area (Å²) in [5.74, 6) is 0.886. The Bertz CT molecular complexity index is 517. The van der Waals surface area contributed by atoms with Gasteiger partial charge >= 0.3 is 5.97 Å². The van der Waals surface area contributed by atoms with Gasteiger partial charge in [0.25, 0.3) is 0 Å². The number of hydrogen-bond acceptors (Lipinski definition) is 6. The standard InChI is InChI=1S/C10H12N4O3/c1-2-16-10(15)9-12-8(13-14-9)7-4-3-6(5-11)17-7/h3-4H,2,5,11H2,1H3,(H,12,13,14). The van der Waals surface area contributed by atoms with Crippen LogP contribution in [0.25, 0.3) is 11.6 Å². The van der Waals surface area contributed by atoms with Gasteiger partial charge < -0.3 is 14.9 Å². The highest BCUT2D eigenvalue weighted by Gasteiger charge is 2.15. The predicted octanol–water partition coefficient (Wildman–Crippen LogP) is 0.700. The van der Waals surface area contributed by atoms with Crippen molar-refractivity contribution < 1.29 is 13.9 Å². The van der Waals surface area contributed by atoms with Crippen molar-refractivity contribution in [2.45, 2.75) is 13.5 Å². The number of nitrogens with two attached hydrogens (primary N) is 1. The van der Waals surface area contributed by atoms with E-state index in [1.165, 1.54) is 0 Å². The molecule has 17 heavy (non-hydrogen) atoms. The summed E-state index contributed by atoms with van der Waals surface area (Å²) < 4.78 is 10.1. The number of carbonyl (C=O) groups excluding carboxylic acids is 1. The lowest BCUT2D eigenvalue weighted by atomic mass is 10.4. The number of aromatic amines is 1. The monoisotopic (exact) mass is 236 g/mol. The zero-order valence-corrected chi connectivity index (χ0v) is 9.27. The summed E-state index contributed by atoms with van der Waals surface area (Å²) in [6.07, 6.45) is 0. The zero-order chi connectivity index (χ0) is 12.3. The topological polar surface area (TPSA) is 107 Å². The van der Waals surface area contributed by atoms with Gasteiger partial charge in [-0.1, -0.05) is 0 Å². The van der Waals surface area contributed by atoms with E-state index in [0.717, 1.165) is 0 Å². The fraction of sp³-hybridized carbons (Fsp3) is 0.300. The molecule has 0 bridgehead atoms. The van der Waals surface area contributed by atoms with Crippen molar-refractivity contribution in [2.24, 2.45) is 5.73 Å². The van der Waals surface area contributed by atoms with E-state index < -0.39 is 5.97 Å². The molecule has 2 rings (SSSR count). The minimum Gasteiger partial charge on any atom is -0.460 e. The molecule has 0 atom stereocenters. The Morgan fingerprint density at radius 2 is 2.41 bits per heavy atom. The molecule has 0 saturated carbocycles. The third-order valence-corrected chi connectivity index (χ3v) is 2.04. The number of hydrogen-bond donors (Lipinski definition) is 2. The lowest BCUT2D eigenvalue weighted by Gasteiger charge is -1.94. The van der Waals surface area contributed by atoms with E-state index in [4.69, 9.17) is 14.9 Å². The maximum Gasteiger partial charge on any atom is 0.375 e. The summed E-state index contributed by atoms with van der Waals surface area (Å²) in [7, 11) is 0. The van der Waals surface area contributed by atoms with Crippen LogP contribution in [-0.4, -0.2) is 27.8 Å². The van der Waals surface area contributed by atoms with Crippen LogP contribution in [0.5, 0.6) is 0 Å². The van der Waals surface area contributed by atoms with E-state index in [0.29, 0.717) is 23.9 Å². The SMILES string of the molecule is CCOC(=O)c1nc(-c2ccc(CN)o2)n[nH]1. The van der Waals surface area contributed by atoms with Crippen molar-refractivity contribution >= 4 is 5.97 Å². The molecule has 0 unspecified atom stereocenters. The molecule has 2 aromatic heterocycles. The quantitative estimate of drug-likeness (QED) is 0.756. The summed E-state index contributed by atoms with van der Waals surface area (Å²) in [5.41, 5.74) is 5.42. The summed E-state index contributed by atoms with van der Waals surface area (Å²) in [4.78, 5) is 15.3. The van der Waals surface area contributed by atoms with Gasteiger partial charge in [0, 0.05) is 0 Å². The van der Waals surface area contributed by atoms with Crippen LogP contribution < -0.4 is 5.73 Å². The van der Waals surface area contributed by atoms with Crippen LogP contribution in [0.2, 0.25) is 0 Å². The van der Waals surface area contributed by atoms with Gasteiger partial charge in [-0.15, -0.1) is 5.10 Å². The van der Waals surface area contributed by atoms with E-state index >= 15 is 0 Å². The van der Waals surface area contributed by atoms with Crippen LogP contribution in [0.4, 0.5) is 0 Å². The number of nitrogens with one attached hydrogen (secondary N) is 1. The third kappa shape index (κ3) is 2.34. The molecule has 2 heterocycles. The average Bonchev–Trinajstić information content (AvgIpc) is 2.98. The molecule has 0 aromatic carbocycles. The van der Waals surface area contributed by atoms with E-state index in [-0.39, 0.29) is 12.4 Å². The second kappa shape index (κ2) is 4.79. The Labute approximate surface area is 97.0 Å². The molecule has 0 fully saturated rings. The lowest BCUT2D eigenvalue weighted by Crippen LogP contribution is -2.06. The number of ether oxygens (including phenoxy) is 1. The number of esters is 1. The highest BCUT2D eigenvalue weighted by atomic mass is 16.5. The van der Waals surface area contributed by atoms with E-state index in [9.17, 15) is 4.79 Å². The molecular formula is C10H12N4O3. The summed E-state index contributed by atoms with van der Waals surface area (Å²) in [5, 5.41) is 6.36. The van der Waals surface area contributed by atoms with Gasteiger partial charge in [0.05, 0.1) is 13.2 Å². The van der Waals surface area contributed by atoms with Crippen molar-refractivity contribution in [3.05, 3.63) is 23.7 Å². The second-order valence-corrected chi connectivity index (χ2v) is 3.20. The number of nitrogens with zero attached hydrogens (tertiary/aromatic N) is 2. The van der Waals surface area contributed by atoms with Crippen molar-refractivity contribution in [2.75, 3.05) is 6.61 Å². The van der Waals surface area contributed by atoms with Gasteiger partial charge in [0.15, 0.2) is 5.76 Å². The molecule has 0 radical (unpaired) electrons. The molecule has 0 amide bonds. The first-order valence-corrected chi connectivity index (χ1v) is 5.13. The maximum absolute atomic E-state index is 11.3. The normalized spacial score (nSPS) is 10.5. The third-order valence-electron chi connectivity index (χ3n) is 2.04. The molecule has 0 aliphatic carbocycles.